The number of nitrogens with one attached hydrogen (secondary N) is 1. The third kappa shape index (κ3) is 5.18. The number of esters is 3. The van der Waals surface area contributed by atoms with Crippen LogP contribution >= 0.6 is 0 Å². The van der Waals surface area contributed by atoms with Gasteiger partial charge >= 0.3 is 17.9 Å². The molecule has 6 aliphatic rings. The van der Waals surface area contributed by atoms with Gasteiger partial charge in [-0.15, -0.1) is 0 Å². The van der Waals surface area contributed by atoms with Crippen molar-refractivity contribution in [2.45, 2.75) is 100 Å². The fraction of sp³-hybridized carbons (Fsp3) is 0.578. The molecule has 13 heteroatoms. The number of aromatic nitrogens is 1. The molecule has 13 nitrogen and oxygen atoms in total. The van der Waals surface area contributed by atoms with Crippen molar-refractivity contribution in [2.75, 3.05) is 58.9 Å². The van der Waals surface area contributed by atoms with Crippen LogP contribution in [0.2, 0.25) is 0 Å². The molecule has 58 heavy (non-hydrogen) atoms. The Morgan fingerprint density at radius 1 is 1.00 bits per heavy atom. The number of aromatic amines is 1. The molecular weight excluding hydrogens is 741 g/mol. The van der Waals surface area contributed by atoms with Gasteiger partial charge in [-0.2, -0.15) is 0 Å². The number of nitrogens with zero attached hydrogens (tertiary/aromatic N) is 3. The summed E-state index contributed by atoms with van der Waals surface area (Å²) in [6.45, 7) is 9.76. The molecule has 2 aromatic carbocycles. The molecule has 0 amide bonds. The lowest BCUT2D eigenvalue weighted by molar-refractivity contribution is -0.309. The van der Waals surface area contributed by atoms with Crippen molar-refractivity contribution < 1.29 is 43.5 Å². The summed E-state index contributed by atoms with van der Waals surface area (Å²) < 4.78 is 24.5. The molecule has 5 aliphatic heterocycles. The van der Waals surface area contributed by atoms with Crippen LogP contribution in [-0.4, -0.2) is 126 Å². The van der Waals surface area contributed by atoms with Crippen molar-refractivity contribution in [3.8, 4) is 5.75 Å². The maximum absolute atomic E-state index is 15.2. The first-order chi connectivity index (χ1) is 27.6. The topological polar surface area (TPSA) is 154 Å². The summed E-state index contributed by atoms with van der Waals surface area (Å²) in [7, 11) is 4.91. The Morgan fingerprint density at radius 2 is 1.78 bits per heavy atom. The minimum absolute atomic E-state index is 0.0989. The van der Waals surface area contributed by atoms with Crippen molar-refractivity contribution in [2.24, 2.45) is 11.3 Å². The molecule has 3 N–H and O–H groups in total. The summed E-state index contributed by atoms with van der Waals surface area (Å²) in [6.07, 6.45) is 5.43. The van der Waals surface area contributed by atoms with Gasteiger partial charge in [-0.05, 0) is 74.8 Å². The summed E-state index contributed by atoms with van der Waals surface area (Å²) in [6, 6.07) is 11.0. The van der Waals surface area contributed by atoms with Gasteiger partial charge in [0.2, 0.25) is 0 Å². The van der Waals surface area contributed by atoms with Crippen LogP contribution in [0.15, 0.2) is 48.6 Å². The van der Waals surface area contributed by atoms with Gasteiger partial charge in [0.25, 0.3) is 5.79 Å². The number of ether oxygens (including phenoxy) is 4. The minimum atomic E-state index is -2.28. The number of hydrogen-bond donors (Lipinski definition) is 3. The highest BCUT2D eigenvalue weighted by Crippen LogP contribution is 2.68. The van der Waals surface area contributed by atoms with E-state index in [0.717, 1.165) is 33.4 Å². The highest BCUT2D eigenvalue weighted by atomic mass is 16.7. The molecule has 9 rings (SSSR count). The number of likely N-dealkylation sites (N-methyl/N-ethyl adjacent to an activating group) is 1. The molecule has 3 aromatic rings. The van der Waals surface area contributed by atoms with E-state index < -0.39 is 57.7 Å². The van der Waals surface area contributed by atoms with Gasteiger partial charge in [-0.1, -0.05) is 37.3 Å². The summed E-state index contributed by atoms with van der Waals surface area (Å²) in [5.41, 5.74) is 0.738. The molecule has 2 saturated heterocycles. The van der Waals surface area contributed by atoms with Gasteiger partial charge in [0.05, 0.1) is 19.8 Å². The number of carbonyl (C=O) groups is 3. The van der Waals surface area contributed by atoms with Gasteiger partial charge in [0.1, 0.15) is 17.2 Å². The van der Waals surface area contributed by atoms with Gasteiger partial charge < -0.3 is 39.0 Å². The Hall–Kier alpha value is -4.43. The van der Waals surface area contributed by atoms with Gasteiger partial charge in [-0.3, -0.25) is 24.2 Å². The maximum Gasteiger partial charge on any atom is 0.322 e. The van der Waals surface area contributed by atoms with Crippen LogP contribution in [0.3, 0.4) is 0 Å². The molecule has 1 spiro atoms. The zero-order valence-electron chi connectivity index (χ0n) is 34.6. The zero-order chi connectivity index (χ0) is 41.2. The van der Waals surface area contributed by atoms with Gasteiger partial charge in [0.15, 0.2) is 6.10 Å². The summed E-state index contributed by atoms with van der Waals surface area (Å²) in [5, 5.41) is 25.9. The number of hydrogen-bond acceptors (Lipinski definition) is 12. The van der Waals surface area contributed by atoms with Crippen molar-refractivity contribution in [3.05, 3.63) is 70.9 Å². The monoisotopic (exact) mass is 796 g/mol. The van der Waals surface area contributed by atoms with Crippen LogP contribution in [0.4, 0.5) is 5.69 Å². The number of methoxy groups -OCH3 is 2. The Bertz CT molecular complexity index is 2240. The molecule has 2 bridgehead atoms. The molecule has 1 aromatic heterocycles. The normalized spacial score (nSPS) is 37.4. The Morgan fingerprint density at radius 3 is 2.48 bits per heavy atom. The standard InChI is InChI=1S/C45H56N4O9/c1-8-42-15-11-17-49-19-16-43(37(42)49)31-20-32(35(55-6)21-34(31)47(5)38(43)45(54,58-27(3)51)39(42)57-26(2)50)44(40(52)56-7)23-28-22-41(4,53)25-48(24-28)18-14-30-29-12-9-10-13-33(29)46-36(30)44/h9-13,15,20-21,28,37-39,46,53-54H,8,14,16-19,22-25H2,1-7H3/t28?,37?,38?,39-,41+,42-,43?,44+,45-/m1/s1. The number of aliphatic hydroxyl groups is 2. The van der Waals surface area contributed by atoms with Crippen LogP contribution in [-0.2, 0) is 45.8 Å². The van der Waals surface area contributed by atoms with Crippen molar-refractivity contribution in [1.29, 1.82) is 0 Å². The van der Waals surface area contributed by atoms with Crippen molar-refractivity contribution in [1.82, 2.24) is 14.8 Å². The summed E-state index contributed by atoms with van der Waals surface area (Å²) in [4.78, 5) is 51.8. The van der Waals surface area contributed by atoms with E-state index in [9.17, 15) is 19.8 Å². The van der Waals surface area contributed by atoms with Gasteiger partial charge in [-0.25, -0.2) is 0 Å². The average molecular weight is 797 g/mol. The molecule has 1 saturated carbocycles. The third-order valence-electron chi connectivity index (χ3n) is 14.8. The third-order valence-corrected chi connectivity index (χ3v) is 14.8. The number of carbonyl (C=O) groups excluding carboxylic acids is 3. The molecule has 3 fully saturated rings. The SMILES string of the molecule is CC[C@]12C=CCN3CCC4(c5cc([C@@]6(C(=O)OC)CC7CN(CCc8c6[nH]c6ccccc86)C[C@@](C)(O)C7)c(OC)cc5N(C)C4[C@@](O)(OC(C)=O)[C@@H]1OC(C)=O)C32. The van der Waals surface area contributed by atoms with E-state index in [0.29, 0.717) is 76.1 Å². The lowest BCUT2D eigenvalue weighted by Crippen LogP contribution is -2.80. The smallest absolute Gasteiger partial charge is 0.322 e. The van der Waals surface area contributed by atoms with Crippen molar-refractivity contribution in [3.63, 3.8) is 0 Å². The molecule has 0 radical (unpaired) electrons. The second-order valence-corrected chi connectivity index (χ2v) is 18.2. The molecule has 310 valence electrons. The van der Waals surface area contributed by atoms with Crippen LogP contribution in [0.1, 0.15) is 75.8 Å². The number of H-pyrrole nitrogens is 1. The fourth-order valence-electron chi connectivity index (χ4n) is 13.3. The van der Waals surface area contributed by atoms with Gasteiger partial charge in [0, 0.05) is 97.9 Å². The molecule has 10 atom stereocenters. The molecule has 1 aliphatic carbocycles. The number of fused-ring (bicyclic) bond motifs is 6. The van der Waals surface area contributed by atoms with E-state index in [1.165, 1.54) is 21.0 Å². The highest BCUT2D eigenvalue weighted by Gasteiger charge is 2.79. The first kappa shape index (κ1) is 39.1. The van der Waals surface area contributed by atoms with E-state index in [1.54, 1.807) is 7.11 Å². The lowest BCUT2D eigenvalue weighted by atomic mass is 9.50. The van der Waals surface area contributed by atoms with Crippen molar-refractivity contribution >= 4 is 34.5 Å². The maximum atomic E-state index is 15.2. The number of anilines is 1. The second-order valence-electron chi connectivity index (χ2n) is 18.2. The number of piperidine rings is 1. The molecular formula is C45H56N4O9. The number of benzene rings is 2. The van der Waals surface area contributed by atoms with E-state index in [4.69, 9.17) is 18.9 Å². The van der Waals surface area contributed by atoms with Crippen LogP contribution in [0.5, 0.6) is 5.75 Å². The van der Waals surface area contributed by atoms with Crippen LogP contribution in [0.25, 0.3) is 10.9 Å². The number of rotatable bonds is 6. The average Bonchev–Trinajstić information content (AvgIpc) is 3.83. The predicted octanol–water partition coefficient (Wildman–Crippen LogP) is 3.95. The van der Waals surface area contributed by atoms with Crippen LogP contribution in [0, 0.1) is 11.3 Å². The fourth-order valence-corrected chi connectivity index (χ4v) is 13.3. The first-order valence-corrected chi connectivity index (χ1v) is 20.7. The molecule has 6 heterocycles. The minimum Gasteiger partial charge on any atom is -0.496 e. The summed E-state index contributed by atoms with van der Waals surface area (Å²) >= 11 is 0. The lowest BCUT2D eigenvalue weighted by Gasteiger charge is -2.63. The second kappa shape index (κ2) is 13.3. The van der Waals surface area contributed by atoms with E-state index >= 15 is 4.79 Å². The molecule has 5 unspecified atom stereocenters. The van der Waals surface area contributed by atoms with E-state index in [-0.39, 0.29) is 12.0 Å². The summed E-state index contributed by atoms with van der Waals surface area (Å²) in [5.74, 6) is -3.64. The highest BCUT2D eigenvalue weighted by molar-refractivity contribution is 5.94. The van der Waals surface area contributed by atoms with E-state index in [2.05, 4.69) is 39.1 Å². The first-order valence-electron chi connectivity index (χ1n) is 20.7. The zero-order valence-corrected chi connectivity index (χ0v) is 34.6. The largest absolute Gasteiger partial charge is 0.496 e. The predicted molar refractivity (Wildman–Crippen MR) is 216 cm³/mol. The number of para-hydroxylation sites is 1. The quantitative estimate of drug-likeness (QED) is 0.143. The van der Waals surface area contributed by atoms with E-state index in [1.807, 2.05) is 50.1 Å². The van der Waals surface area contributed by atoms with Crippen LogP contribution < -0.4 is 9.64 Å². The Balaban J connectivity index is 1.36. The Labute approximate surface area is 339 Å². The Kier molecular flexibility index (Phi) is 8.95.